The molecule has 1 atom stereocenters. The molecule has 0 aliphatic heterocycles. The van der Waals surface area contributed by atoms with E-state index < -0.39 is 5.97 Å². The Morgan fingerprint density at radius 1 is 1.90 bits per heavy atom. The molecule has 0 amide bonds. The molecule has 0 aliphatic rings. The average Bonchev–Trinajstić information content (AvgIpc) is 1.79. The maximum atomic E-state index is 9.91. The van der Waals surface area contributed by atoms with Gasteiger partial charge in [-0.2, -0.15) is 0 Å². The Kier molecular flexibility index (Phi) is 5.06. The number of thioether (sulfide) groups is 1. The summed E-state index contributed by atoms with van der Waals surface area (Å²) in [6.07, 6.45) is 1.10. The predicted molar refractivity (Wildman–Crippen MR) is 42.9 cm³/mol. The first kappa shape index (κ1) is 9.52. The Balaban J connectivity index is 3.27. The van der Waals surface area contributed by atoms with E-state index in [4.69, 9.17) is 10.8 Å². The number of carboxylic acids is 1. The van der Waals surface area contributed by atoms with Crippen molar-refractivity contribution in [1.29, 1.82) is 0 Å². The zero-order valence-corrected chi connectivity index (χ0v) is 6.60. The third-order valence-corrected chi connectivity index (χ3v) is 1.71. The first-order chi connectivity index (χ1) is 4.63. The Hall–Kier alpha value is -0.480. The summed E-state index contributed by atoms with van der Waals surface area (Å²) in [6.45, 7) is 1.88. The van der Waals surface area contributed by atoms with Gasteiger partial charge in [-0.25, -0.2) is 4.79 Å². The number of rotatable bonds is 4. The molecular weight excluding hydrogens is 150 g/mol. The fraction of sp³-hybridized carbons (Fsp3) is 0.500. The lowest BCUT2D eigenvalue weighted by Crippen LogP contribution is -2.16. The van der Waals surface area contributed by atoms with E-state index >= 15 is 0 Å². The number of carbonyl (C=O) groups is 1. The van der Waals surface area contributed by atoms with E-state index in [-0.39, 0.29) is 6.04 Å². The molecule has 3 N–H and O–H groups in total. The van der Waals surface area contributed by atoms with Crippen molar-refractivity contribution < 1.29 is 9.90 Å². The quantitative estimate of drug-likeness (QED) is 0.595. The van der Waals surface area contributed by atoms with Gasteiger partial charge in [-0.3, -0.25) is 0 Å². The Bertz CT molecular complexity index is 134. The molecule has 58 valence electrons. The largest absolute Gasteiger partial charge is 0.478 e. The fourth-order valence-corrected chi connectivity index (χ4v) is 0.941. The third kappa shape index (κ3) is 7.52. The maximum absolute atomic E-state index is 9.91. The van der Waals surface area contributed by atoms with E-state index in [1.165, 1.54) is 17.2 Å². The average molecular weight is 161 g/mol. The highest BCUT2D eigenvalue weighted by Crippen LogP contribution is 2.02. The first-order valence-corrected chi connectivity index (χ1v) is 3.94. The van der Waals surface area contributed by atoms with Gasteiger partial charge in [0.05, 0.1) is 0 Å². The Labute approximate surface area is 64.3 Å². The summed E-state index contributed by atoms with van der Waals surface area (Å²) in [5.74, 6) is -0.166. The molecule has 10 heavy (non-hydrogen) atoms. The highest BCUT2D eigenvalue weighted by molar-refractivity contribution is 8.02. The van der Waals surface area contributed by atoms with Crippen molar-refractivity contribution in [2.24, 2.45) is 5.73 Å². The minimum Gasteiger partial charge on any atom is -0.478 e. The molecule has 0 saturated heterocycles. The van der Waals surface area contributed by atoms with Crippen molar-refractivity contribution in [2.45, 2.75) is 13.0 Å². The molecule has 0 heterocycles. The van der Waals surface area contributed by atoms with Crippen LogP contribution in [0.3, 0.4) is 0 Å². The highest BCUT2D eigenvalue weighted by atomic mass is 32.2. The molecule has 0 saturated carbocycles. The van der Waals surface area contributed by atoms with Crippen molar-refractivity contribution in [1.82, 2.24) is 0 Å². The number of hydrogen-bond acceptors (Lipinski definition) is 3. The van der Waals surface area contributed by atoms with Gasteiger partial charge in [0.15, 0.2) is 0 Å². The molecule has 0 aliphatic carbocycles. The molecule has 0 radical (unpaired) electrons. The minimum absolute atomic E-state index is 0.114. The fourth-order valence-electron chi connectivity index (χ4n) is 0.314. The van der Waals surface area contributed by atoms with E-state index in [1.807, 2.05) is 6.92 Å². The van der Waals surface area contributed by atoms with Gasteiger partial charge in [-0.1, -0.05) is 0 Å². The molecule has 3 nitrogen and oxygen atoms in total. The molecule has 0 rings (SSSR count). The van der Waals surface area contributed by atoms with Crippen LogP contribution in [0.1, 0.15) is 6.92 Å². The smallest absolute Gasteiger partial charge is 0.328 e. The van der Waals surface area contributed by atoms with Crippen LogP contribution in [0.15, 0.2) is 11.5 Å². The van der Waals surface area contributed by atoms with Crippen LogP contribution in [-0.4, -0.2) is 22.9 Å². The van der Waals surface area contributed by atoms with Crippen LogP contribution >= 0.6 is 11.8 Å². The van der Waals surface area contributed by atoms with Crippen LogP contribution < -0.4 is 5.73 Å². The number of nitrogens with two attached hydrogens (primary N) is 1. The summed E-state index contributed by atoms with van der Waals surface area (Å²) in [4.78, 5) is 9.91. The summed E-state index contributed by atoms with van der Waals surface area (Å²) in [6, 6.07) is 0.114. The molecule has 4 heteroatoms. The Morgan fingerprint density at radius 2 is 2.50 bits per heavy atom. The monoisotopic (exact) mass is 161 g/mol. The molecule has 0 spiro atoms. The van der Waals surface area contributed by atoms with Crippen molar-refractivity contribution in [3.8, 4) is 0 Å². The van der Waals surface area contributed by atoms with Gasteiger partial charge in [0.25, 0.3) is 0 Å². The van der Waals surface area contributed by atoms with Crippen LogP contribution in [0.2, 0.25) is 0 Å². The van der Waals surface area contributed by atoms with Crippen LogP contribution in [0.25, 0.3) is 0 Å². The van der Waals surface area contributed by atoms with E-state index in [0.717, 1.165) is 11.8 Å². The zero-order chi connectivity index (χ0) is 7.98. The van der Waals surface area contributed by atoms with Crippen molar-refractivity contribution in [2.75, 3.05) is 5.75 Å². The lowest BCUT2D eigenvalue weighted by Gasteiger charge is -1.98. The topological polar surface area (TPSA) is 63.3 Å². The molecule has 0 aromatic heterocycles. The summed E-state index contributed by atoms with van der Waals surface area (Å²) < 4.78 is 0. The SMILES string of the molecule is CC(N)CSC=CC(=O)O. The number of carboxylic acid groups (broad SMARTS) is 1. The van der Waals surface area contributed by atoms with E-state index in [9.17, 15) is 4.79 Å². The molecule has 0 fully saturated rings. The van der Waals surface area contributed by atoms with E-state index in [2.05, 4.69) is 0 Å². The van der Waals surface area contributed by atoms with Crippen LogP contribution in [0.5, 0.6) is 0 Å². The summed E-state index contributed by atoms with van der Waals surface area (Å²) >= 11 is 1.40. The molecular formula is C6H11NO2S. The molecule has 0 bridgehead atoms. The molecule has 1 unspecified atom stereocenters. The highest BCUT2D eigenvalue weighted by Gasteiger charge is 1.90. The second-order valence-corrected chi connectivity index (χ2v) is 2.89. The third-order valence-electron chi connectivity index (χ3n) is 0.666. The number of hydrogen-bond donors (Lipinski definition) is 2. The normalized spacial score (nSPS) is 13.8. The molecule has 0 aromatic carbocycles. The van der Waals surface area contributed by atoms with Gasteiger partial charge in [-0.15, -0.1) is 11.8 Å². The summed E-state index contributed by atoms with van der Waals surface area (Å²) in [5.41, 5.74) is 5.41. The van der Waals surface area contributed by atoms with Gasteiger partial charge >= 0.3 is 5.97 Å². The molecule has 0 aromatic rings. The van der Waals surface area contributed by atoms with Gasteiger partial charge < -0.3 is 10.8 Å². The van der Waals surface area contributed by atoms with E-state index in [1.54, 1.807) is 0 Å². The van der Waals surface area contributed by atoms with Gasteiger partial charge in [-0.05, 0) is 12.3 Å². The minimum atomic E-state index is -0.919. The van der Waals surface area contributed by atoms with Gasteiger partial charge in [0, 0.05) is 17.9 Å². The summed E-state index contributed by atoms with van der Waals surface area (Å²) in [5, 5.41) is 9.68. The summed E-state index contributed by atoms with van der Waals surface area (Å²) in [7, 11) is 0. The second-order valence-electron chi connectivity index (χ2n) is 1.95. The van der Waals surface area contributed by atoms with Crippen LogP contribution in [-0.2, 0) is 4.79 Å². The van der Waals surface area contributed by atoms with Gasteiger partial charge in [0.1, 0.15) is 0 Å². The first-order valence-electron chi connectivity index (χ1n) is 2.89. The van der Waals surface area contributed by atoms with Crippen LogP contribution in [0.4, 0.5) is 0 Å². The van der Waals surface area contributed by atoms with Gasteiger partial charge in [0.2, 0.25) is 0 Å². The second kappa shape index (κ2) is 5.32. The van der Waals surface area contributed by atoms with Crippen LogP contribution in [0, 0.1) is 0 Å². The maximum Gasteiger partial charge on any atom is 0.328 e. The van der Waals surface area contributed by atoms with Crippen molar-refractivity contribution in [3.05, 3.63) is 11.5 Å². The standard InChI is InChI=1S/C6H11NO2S/c1-5(7)4-10-3-2-6(8)9/h2-3,5H,4,7H2,1H3,(H,8,9). The lowest BCUT2D eigenvalue weighted by molar-refractivity contribution is -0.131. The Morgan fingerprint density at radius 3 is 2.90 bits per heavy atom. The van der Waals surface area contributed by atoms with Crippen molar-refractivity contribution in [3.63, 3.8) is 0 Å². The predicted octanol–water partition coefficient (Wildman–Crippen LogP) is 0.665. The number of aliphatic carboxylic acids is 1. The van der Waals surface area contributed by atoms with Crippen molar-refractivity contribution >= 4 is 17.7 Å². The lowest BCUT2D eigenvalue weighted by atomic mass is 10.4. The zero-order valence-electron chi connectivity index (χ0n) is 5.78. The van der Waals surface area contributed by atoms with E-state index in [0.29, 0.717) is 0 Å².